The summed E-state index contributed by atoms with van der Waals surface area (Å²) >= 11 is 5.26. The number of rotatable bonds is 3. The molecule has 4 heteroatoms. The Balaban J connectivity index is 2.85. The highest BCUT2D eigenvalue weighted by molar-refractivity contribution is 6.74. The van der Waals surface area contributed by atoms with Crippen molar-refractivity contribution in [3.63, 3.8) is 0 Å². The van der Waals surface area contributed by atoms with Gasteiger partial charge in [-0.05, 0) is 29.3 Å². The van der Waals surface area contributed by atoms with E-state index in [1.165, 1.54) is 6.92 Å². The van der Waals surface area contributed by atoms with E-state index in [1.54, 1.807) is 24.3 Å². The number of benzene rings is 1. The molecule has 1 rings (SSSR count). The molecule has 0 N–H and O–H groups in total. The van der Waals surface area contributed by atoms with E-state index in [0.717, 1.165) is 0 Å². The number of halogens is 1. The van der Waals surface area contributed by atoms with Crippen molar-refractivity contribution in [2.75, 3.05) is 0 Å². The zero-order valence-corrected chi connectivity index (χ0v) is 8.88. The second-order valence-electron chi connectivity index (χ2n) is 2.87. The van der Waals surface area contributed by atoms with Gasteiger partial charge in [0, 0.05) is 12.5 Å². The number of carbonyl (C=O) groups excluding carboxylic acids is 2. The third-order valence-corrected chi connectivity index (χ3v) is 1.93. The lowest BCUT2D eigenvalue weighted by Gasteiger charge is -2.03. The van der Waals surface area contributed by atoms with Gasteiger partial charge in [-0.25, -0.2) is 0 Å². The lowest BCUT2D eigenvalue weighted by Crippen LogP contribution is -2.01. The molecule has 0 aromatic heterocycles. The van der Waals surface area contributed by atoms with Crippen LogP contribution in [-0.2, 0) is 9.59 Å². The van der Waals surface area contributed by atoms with Crippen molar-refractivity contribution >= 4 is 28.4 Å². The molecular weight excluding hydrogens is 216 g/mol. The van der Waals surface area contributed by atoms with Gasteiger partial charge in [-0.3, -0.25) is 9.59 Å². The number of allylic oxidation sites excluding steroid dienone is 1. The van der Waals surface area contributed by atoms with Gasteiger partial charge in [0.2, 0.25) is 0 Å². The van der Waals surface area contributed by atoms with Crippen LogP contribution in [0.5, 0.6) is 5.75 Å². The lowest BCUT2D eigenvalue weighted by molar-refractivity contribution is -0.131. The first kappa shape index (κ1) is 11.5. The highest BCUT2D eigenvalue weighted by atomic mass is 35.5. The summed E-state index contributed by atoms with van der Waals surface area (Å²) < 4.78 is 4.82. The maximum absolute atomic E-state index is 10.8. The van der Waals surface area contributed by atoms with E-state index >= 15 is 0 Å². The second kappa shape index (κ2) is 4.75. The van der Waals surface area contributed by atoms with Gasteiger partial charge in [0.25, 0.3) is 5.24 Å². The van der Waals surface area contributed by atoms with Crippen LogP contribution in [0.15, 0.2) is 30.8 Å². The van der Waals surface area contributed by atoms with Crippen LogP contribution in [0.4, 0.5) is 0 Å². The van der Waals surface area contributed by atoms with Crippen molar-refractivity contribution < 1.29 is 14.3 Å². The minimum atomic E-state index is -0.602. The Morgan fingerprint density at radius 1 is 1.27 bits per heavy atom. The first-order valence-corrected chi connectivity index (χ1v) is 4.56. The second-order valence-corrected chi connectivity index (χ2v) is 3.21. The van der Waals surface area contributed by atoms with Crippen LogP contribution in [0.2, 0.25) is 0 Å². The molecule has 0 atom stereocenters. The molecule has 78 valence electrons. The summed E-state index contributed by atoms with van der Waals surface area (Å²) in [4.78, 5) is 21.4. The van der Waals surface area contributed by atoms with Crippen LogP contribution >= 0.6 is 11.6 Å². The molecule has 0 aliphatic rings. The summed E-state index contributed by atoms with van der Waals surface area (Å²) in [7, 11) is 0. The summed E-state index contributed by atoms with van der Waals surface area (Å²) in [6, 6.07) is 6.37. The van der Waals surface area contributed by atoms with E-state index in [1.807, 2.05) is 0 Å². The zero-order valence-electron chi connectivity index (χ0n) is 8.12. The van der Waals surface area contributed by atoms with Gasteiger partial charge < -0.3 is 4.74 Å². The molecular formula is C11H9ClO3. The Kier molecular flexibility index (Phi) is 3.63. The van der Waals surface area contributed by atoms with Crippen molar-refractivity contribution in [1.29, 1.82) is 0 Å². The van der Waals surface area contributed by atoms with Crippen LogP contribution in [0.25, 0.3) is 5.57 Å². The van der Waals surface area contributed by atoms with Crippen molar-refractivity contribution in [3.05, 3.63) is 36.4 Å². The predicted molar refractivity (Wildman–Crippen MR) is 57.6 cm³/mol. The fraction of sp³-hybridized carbons (Fsp3) is 0.0909. The molecule has 0 amide bonds. The van der Waals surface area contributed by atoms with Crippen LogP contribution in [0.1, 0.15) is 12.5 Å². The van der Waals surface area contributed by atoms with E-state index < -0.39 is 11.2 Å². The van der Waals surface area contributed by atoms with Crippen LogP contribution in [0, 0.1) is 0 Å². The first-order chi connectivity index (χ1) is 7.00. The fourth-order valence-electron chi connectivity index (χ4n) is 1.00. The van der Waals surface area contributed by atoms with Crippen molar-refractivity contribution in [1.82, 2.24) is 0 Å². The Morgan fingerprint density at radius 2 is 1.80 bits per heavy atom. The zero-order chi connectivity index (χ0) is 11.4. The van der Waals surface area contributed by atoms with E-state index in [0.29, 0.717) is 11.3 Å². The molecule has 0 radical (unpaired) electrons. The Hall–Kier alpha value is -1.61. The molecule has 1 aromatic carbocycles. The molecule has 0 heterocycles. The maximum Gasteiger partial charge on any atom is 0.308 e. The molecule has 1 aromatic rings. The largest absolute Gasteiger partial charge is 0.427 e. The van der Waals surface area contributed by atoms with E-state index in [-0.39, 0.29) is 5.57 Å². The smallest absolute Gasteiger partial charge is 0.308 e. The van der Waals surface area contributed by atoms with Crippen molar-refractivity contribution in [3.8, 4) is 5.75 Å². The van der Waals surface area contributed by atoms with E-state index in [9.17, 15) is 9.59 Å². The number of hydrogen-bond acceptors (Lipinski definition) is 3. The number of ether oxygens (including phenoxy) is 1. The topological polar surface area (TPSA) is 43.4 Å². The van der Waals surface area contributed by atoms with Gasteiger partial charge >= 0.3 is 5.97 Å². The van der Waals surface area contributed by atoms with Gasteiger partial charge in [-0.2, -0.15) is 0 Å². The number of esters is 1. The summed E-state index contributed by atoms with van der Waals surface area (Å²) in [5.74, 6) is 0.0241. The summed E-state index contributed by atoms with van der Waals surface area (Å²) in [5.41, 5.74) is 0.817. The Bertz CT molecular complexity index is 406. The average molecular weight is 225 g/mol. The molecule has 0 aliphatic heterocycles. The maximum atomic E-state index is 10.8. The Labute approximate surface area is 92.3 Å². The van der Waals surface area contributed by atoms with Crippen LogP contribution < -0.4 is 4.74 Å². The third-order valence-electron chi connectivity index (χ3n) is 1.70. The molecule has 0 fully saturated rings. The number of carbonyl (C=O) groups is 2. The minimum Gasteiger partial charge on any atom is -0.427 e. The average Bonchev–Trinajstić information content (AvgIpc) is 2.17. The highest BCUT2D eigenvalue weighted by Crippen LogP contribution is 2.19. The van der Waals surface area contributed by atoms with Gasteiger partial charge in [0.05, 0.1) is 0 Å². The SMILES string of the molecule is C=C(C(=O)Cl)c1ccc(OC(C)=O)cc1. The molecule has 0 spiro atoms. The van der Waals surface area contributed by atoms with E-state index in [4.69, 9.17) is 16.3 Å². The molecule has 3 nitrogen and oxygen atoms in total. The van der Waals surface area contributed by atoms with Crippen molar-refractivity contribution in [2.45, 2.75) is 6.92 Å². The standard InChI is InChI=1S/C11H9ClO3/c1-7(11(12)14)9-3-5-10(6-4-9)15-8(2)13/h3-6H,1H2,2H3. The molecule has 0 saturated heterocycles. The van der Waals surface area contributed by atoms with Crippen LogP contribution in [0.3, 0.4) is 0 Å². The molecule has 15 heavy (non-hydrogen) atoms. The third kappa shape index (κ3) is 3.22. The van der Waals surface area contributed by atoms with Gasteiger partial charge in [-0.15, -0.1) is 0 Å². The number of hydrogen-bond donors (Lipinski definition) is 0. The summed E-state index contributed by atoms with van der Waals surface area (Å²) in [6.45, 7) is 4.84. The molecule has 0 unspecified atom stereocenters. The Morgan fingerprint density at radius 3 is 2.20 bits per heavy atom. The van der Waals surface area contributed by atoms with Crippen LogP contribution in [-0.4, -0.2) is 11.2 Å². The monoisotopic (exact) mass is 224 g/mol. The molecule has 0 saturated carbocycles. The van der Waals surface area contributed by atoms with E-state index in [2.05, 4.69) is 6.58 Å². The first-order valence-electron chi connectivity index (χ1n) is 4.18. The fourth-order valence-corrected chi connectivity index (χ4v) is 1.11. The van der Waals surface area contributed by atoms with Gasteiger partial charge in [0.15, 0.2) is 0 Å². The normalized spacial score (nSPS) is 9.47. The molecule has 0 aliphatic carbocycles. The molecule has 0 bridgehead atoms. The summed E-state index contributed by atoms with van der Waals surface area (Å²) in [6.07, 6.45) is 0. The van der Waals surface area contributed by atoms with Crippen molar-refractivity contribution in [2.24, 2.45) is 0 Å². The highest BCUT2D eigenvalue weighted by Gasteiger charge is 2.06. The lowest BCUT2D eigenvalue weighted by atomic mass is 10.1. The predicted octanol–water partition coefficient (Wildman–Crippen LogP) is 2.39. The summed E-state index contributed by atoms with van der Waals surface area (Å²) in [5, 5.41) is -0.602. The van der Waals surface area contributed by atoms with Gasteiger partial charge in [0.1, 0.15) is 5.75 Å². The van der Waals surface area contributed by atoms with Gasteiger partial charge in [-0.1, -0.05) is 18.7 Å². The minimum absolute atomic E-state index is 0.214. The quantitative estimate of drug-likeness (QED) is 0.343.